The average Bonchev–Trinajstić information content (AvgIpc) is 2.76. The van der Waals surface area contributed by atoms with Crippen molar-refractivity contribution in [3.05, 3.63) is 28.7 Å². The minimum absolute atomic E-state index is 0.291. The molecule has 0 saturated carbocycles. The summed E-state index contributed by atoms with van der Waals surface area (Å²) in [6.07, 6.45) is 2.19. The molecule has 0 bridgehead atoms. The first-order valence-electron chi connectivity index (χ1n) is 5.87. The Hall–Kier alpha value is -1.03. The van der Waals surface area contributed by atoms with Crippen LogP contribution in [0.2, 0.25) is 0 Å². The van der Waals surface area contributed by atoms with Crippen molar-refractivity contribution >= 4 is 27.6 Å². The van der Waals surface area contributed by atoms with E-state index in [1.54, 1.807) is 0 Å². The van der Waals surface area contributed by atoms with Crippen LogP contribution < -0.4 is 4.90 Å². The van der Waals surface area contributed by atoms with Crippen LogP contribution in [0.3, 0.4) is 0 Å². The van der Waals surface area contributed by atoms with Gasteiger partial charge in [0.05, 0.1) is 0 Å². The van der Waals surface area contributed by atoms with Gasteiger partial charge in [-0.3, -0.25) is 4.79 Å². The fraction of sp³-hybridized carbons (Fsp3) is 0.462. The molecule has 1 aliphatic heterocycles. The van der Waals surface area contributed by atoms with Crippen molar-refractivity contribution in [3.8, 4) is 0 Å². The Morgan fingerprint density at radius 3 is 2.76 bits per heavy atom. The molecule has 1 saturated heterocycles. The average molecular weight is 298 g/mol. The van der Waals surface area contributed by atoms with Gasteiger partial charge in [-0.1, -0.05) is 15.9 Å². The number of carboxylic acid groups (broad SMARTS) is 1. The van der Waals surface area contributed by atoms with E-state index in [0.29, 0.717) is 12.3 Å². The second kappa shape index (κ2) is 5.54. The fourth-order valence-corrected chi connectivity index (χ4v) is 2.55. The molecule has 1 fully saturated rings. The molecular formula is C13H16BrNO2. The molecule has 1 unspecified atom stereocenters. The molecule has 2 rings (SSSR count). The highest BCUT2D eigenvalue weighted by atomic mass is 79.9. The third-order valence-electron chi connectivity index (χ3n) is 3.24. The maximum Gasteiger partial charge on any atom is 0.303 e. The van der Waals surface area contributed by atoms with Crippen molar-refractivity contribution in [1.82, 2.24) is 0 Å². The van der Waals surface area contributed by atoms with Gasteiger partial charge in [-0.2, -0.15) is 0 Å². The zero-order valence-electron chi connectivity index (χ0n) is 9.60. The first kappa shape index (κ1) is 12.4. The van der Waals surface area contributed by atoms with Gasteiger partial charge in [-0.25, -0.2) is 0 Å². The molecule has 4 heteroatoms. The summed E-state index contributed by atoms with van der Waals surface area (Å²) >= 11 is 3.42. The maximum absolute atomic E-state index is 10.5. The number of hydrogen-bond acceptors (Lipinski definition) is 2. The van der Waals surface area contributed by atoms with E-state index in [1.807, 2.05) is 12.1 Å². The second-order valence-corrected chi connectivity index (χ2v) is 5.43. The zero-order valence-corrected chi connectivity index (χ0v) is 11.2. The monoisotopic (exact) mass is 297 g/mol. The van der Waals surface area contributed by atoms with Crippen molar-refractivity contribution in [1.29, 1.82) is 0 Å². The lowest BCUT2D eigenvalue weighted by Gasteiger charge is -2.18. The number of anilines is 1. The van der Waals surface area contributed by atoms with E-state index < -0.39 is 5.97 Å². The molecule has 0 aliphatic carbocycles. The number of carboxylic acids is 1. The van der Waals surface area contributed by atoms with Crippen molar-refractivity contribution in [3.63, 3.8) is 0 Å². The molecule has 1 heterocycles. The Kier molecular flexibility index (Phi) is 4.05. The molecule has 3 nitrogen and oxygen atoms in total. The summed E-state index contributed by atoms with van der Waals surface area (Å²) in [5.74, 6) is -0.165. The van der Waals surface area contributed by atoms with E-state index in [9.17, 15) is 4.79 Å². The van der Waals surface area contributed by atoms with E-state index in [2.05, 4.69) is 33.0 Å². The molecule has 1 atom stereocenters. The fourth-order valence-electron chi connectivity index (χ4n) is 2.28. The quantitative estimate of drug-likeness (QED) is 0.928. The normalized spacial score (nSPS) is 19.6. The minimum Gasteiger partial charge on any atom is -0.481 e. The van der Waals surface area contributed by atoms with Crippen LogP contribution in [0.25, 0.3) is 0 Å². The highest BCUT2D eigenvalue weighted by Crippen LogP contribution is 2.27. The number of aliphatic carboxylic acids is 1. The third-order valence-corrected chi connectivity index (χ3v) is 3.77. The van der Waals surface area contributed by atoms with Gasteiger partial charge in [-0.15, -0.1) is 0 Å². The molecular weight excluding hydrogens is 282 g/mol. The van der Waals surface area contributed by atoms with E-state index in [4.69, 9.17) is 5.11 Å². The molecule has 17 heavy (non-hydrogen) atoms. The summed E-state index contributed by atoms with van der Waals surface area (Å²) < 4.78 is 1.09. The molecule has 0 amide bonds. The zero-order chi connectivity index (χ0) is 12.3. The summed E-state index contributed by atoms with van der Waals surface area (Å²) in [6.45, 7) is 2.01. The summed E-state index contributed by atoms with van der Waals surface area (Å²) in [5.41, 5.74) is 1.23. The van der Waals surface area contributed by atoms with Crippen LogP contribution in [-0.4, -0.2) is 24.2 Å². The molecule has 92 valence electrons. The van der Waals surface area contributed by atoms with Gasteiger partial charge in [0.1, 0.15) is 0 Å². The van der Waals surface area contributed by atoms with Crippen molar-refractivity contribution in [2.24, 2.45) is 5.92 Å². The number of rotatable bonds is 4. The minimum atomic E-state index is -0.688. The van der Waals surface area contributed by atoms with E-state index >= 15 is 0 Å². The number of benzene rings is 1. The molecule has 1 aromatic carbocycles. The van der Waals surface area contributed by atoms with Crippen LogP contribution in [0.15, 0.2) is 28.7 Å². The molecule has 0 radical (unpaired) electrons. The standard InChI is InChI=1S/C13H16BrNO2/c14-11-2-4-12(5-3-11)15-8-7-10(9-15)1-6-13(16)17/h2-5,10H,1,6-9H2,(H,16,17). The molecule has 0 aromatic heterocycles. The van der Waals surface area contributed by atoms with Gasteiger partial charge in [0.15, 0.2) is 0 Å². The summed E-state index contributed by atoms with van der Waals surface area (Å²) in [4.78, 5) is 12.9. The van der Waals surface area contributed by atoms with Crippen LogP contribution in [0.5, 0.6) is 0 Å². The van der Waals surface area contributed by atoms with Gasteiger partial charge in [-0.05, 0) is 43.0 Å². The van der Waals surface area contributed by atoms with Gasteiger partial charge in [0.25, 0.3) is 0 Å². The maximum atomic E-state index is 10.5. The highest BCUT2D eigenvalue weighted by Gasteiger charge is 2.22. The Morgan fingerprint density at radius 2 is 2.12 bits per heavy atom. The Bertz CT molecular complexity index is 391. The first-order chi connectivity index (χ1) is 8.15. The van der Waals surface area contributed by atoms with Gasteiger partial charge in [0, 0.05) is 29.7 Å². The lowest BCUT2D eigenvalue weighted by atomic mass is 10.0. The lowest BCUT2D eigenvalue weighted by molar-refractivity contribution is -0.137. The first-order valence-corrected chi connectivity index (χ1v) is 6.67. The van der Waals surface area contributed by atoms with Crippen molar-refractivity contribution in [2.75, 3.05) is 18.0 Å². The van der Waals surface area contributed by atoms with Crippen molar-refractivity contribution in [2.45, 2.75) is 19.3 Å². The molecule has 1 aliphatic rings. The number of carbonyl (C=O) groups is 1. The molecule has 1 N–H and O–H groups in total. The third kappa shape index (κ3) is 3.46. The Labute approximate surface area is 110 Å². The predicted octanol–water partition coefficient (Wildman–Crippen LogP) is 3.14. The van der Waals surface area contributed by atoms with Gasteiger partial charge < -0.3 is 10.0 Å². The molecule has 0 spiro atoms. The summed E-state index contributed by atoms with van der Waals surface area (Å²) in [5, 5.41) is 8.67. The highest BCUT2D eigenvalue weighted by molar-refractivity contribution is 9.10. The van der Waals surface area contributed by atoms with Gasteiger partial charge in [0.2, 0.25) is 0 Å². The second-order valence-electron chi connectivity index (χ2n) is 4.51. The SMILES string of the molecule is O=C(O)CCC1CCN(c2ccc(Br)cc2)C1. The number of nitrogens with zero attached hydrogens (tertiary/aromatic N) is 1. The smallest absolute Gasteiger partial charge is 0.303 e. The van der Waals surface area contributed by atoms with Gasteiger partial charge >= 0.3 is 5.97 Å². The lowest BCUT2D eigenvalue weighted by Crippen LogP contribution is -2.19. The van der Waals surface area contributed by atoms with Crippen LogP contribution in [0.1, 0.15) is 19.3 Å². The summed E-state index contributed by atoms with van der Waals surface area (Å²) in [6, 6.07) is 8.28. The van der Waals surface area contributed by atoms with Crippen LogP contribution >= 0.6 is 15.9 Å². The van der Waals surface area contributed by atoms with E-state index in [0.717, 1.165) is 30.4 Å². The van der Waals surface area contributed by atoms with Crippen molar-refractivity contribution < 1.29 is 9.90 Å². The topological polar surface area (TPSA) is 40.5 Å². The predicted molar refractivity (Wildman–Crippen MR) is 71.3 cm³/mol. The van der Waals surface area contributed by atoms with Crippen LogP contribution in [0, 0.1) is 5.92 Å². The van der Waals surface area contributed by atoms with E-state index in [-0.39, 0.29) is 0 Å². The molecule has 1 aromatic rings. The van der Waals surface area contributed by atoms with E-state index in [1.165, 1.54) is 5.69 Å². The Balaban J connectivity index is 1.89. The Morgan fingerprint density at radius 1 is 1.41 bits per heavy atom. The largest absolute Gasteiger partial charge is 0.481 e. The number of hydrogen-bond donors (Lipinski definition) is 1. The van der Waals surface area contributed by atoms with Crippen LogP contribution in [0.4, 0.5) is 5.69 Å². The number of halogens is 1. The van der Waals surface area contributed by atoms with Crippen LogP contribution in [-0.2, 0) is 4.79 Å². The summed E-state index contributed by atoms with van der Waals surface area (Å²) in [7, 11) is 0.